The molecular weight excluding hydrogens is 224 g/mol. The van der Waals surface area contributed by atoms with Gasteiger partial charge in [0.15, 0.2) is 0 Å². The van der Waals surface area contributed by atoms with Gasteiger partial charge in [-0.05, 0) is 36.2 Å². The van der Waals surface area contributed by atoms with Gasteiger partial charge in [0, 0.05) is 18.8 Å². The van der Waals surface area contributed by atoms with E-state index >= 15 is 0 Å². The molecule has 0 aromatic carbocycles. The van der Waals surface area contributed by atoms with Crippen LogP contribution in [0.15, 0.2) is 18.3 Å². The van der Waals surface area contributed by atoms with E-state index in [-0.39, 0.29) is 0 Å². The van der Waals surface area contributed by atoms with Crippen molar-refractivity contribution in [3.8, 4) is 5.88 Å². The van der Waals surface area contributed by atoms with Gasteiger partial charge in [0.25, 0.3) is 0 Å². The maximum atomic E-state index is 6.01. The van der Waals surface area contributed by atoms with E-state index in [1.54, 1.807) is 6.20 Å². The van der Waals surface area contributed by atoms with E-state index in [1.807, 2.05) is 12.1 Å². The Balaban J connectivity index is 1.99. The van der Waals surface area contributed by atoms with E-state index in [1.165, 1.54) is 6.42 Å². The number of pyridine rings is 1. The van der Waals surface area contributed by atoms with Crippen LogP contribution in [0.3, 0.4) is 0 Å². The highest BCUT2D eigenvalue weighted by Gasteiger charge is 2.33. The summed E-state index contributed by atoms with van der Waals surface area (Å²) in [5, 5.41) is 0. The third-order valence-electron chi connectivity index (χ3n) is 3.67. The normalized spacial score (nSPS) is 26.9. The smallest absolute Gasteiger partial charge is 0.213 e. The summed E-state index contributed by atoms with van der Waals surface area (Å²) in [5.74, 6) is 1.45. The van der Waals surface area contributed by atoms with Gasteiger partial charge in [-0.15, -0.1) is 0 Å². The molecule has 1 aromatic rings. The lowest BCUT2D eigenvalue weighted by Gasteiger charge is -2.38. The average Bonchev–Trinajstić information content (AvgIpc) is 2.27. The minimum atomic E-state index is 0.292. The van der Waals surface area contributed by atoms with Crippen molar-refractivity contribution in [3.63, 3.8) is 0 Å². The first kappa shape index (κ1) is 13.3. The molecule has 0 bridgehead atoms. The quantitative estimate of drug-likeness (QED) is 0.894. The summed E-state index contributed by atoms with van der Waals surface area (Å²) in [4.78, 5) is 4.31. The maximum Gasteiger partial charge on any atom is 0.213 e. The lowest BCUT2D eigenvalue weighted by molar-refractivity contribution is 0.0532. The first-order valence-electron chi connectivity index (χ1n) is 6.80. The van der Waals surface area contributed by atoms with Gasteiger partial charge in [-0.2, -0.15) is 0 Å². The zero-order valence-electron chi connectivity index (χ0n) is 11.6. The predicted octanol–water partition coefficient (Wildman–Crippen LogP) is 3.13. The van der Waals surface area contributed by atoms with E-state index < -0.39 is 0 Å². The van der Waals surface area contributed by atoms with Gasteiger partial charge >= 0.3 is 0 Å². The van der Waals surface area contributed by atoms with Crippen molar-refractivity contribution in [2.24, 2.45) is 17.1 Å². The van der Waals surface area contributed by atoms with E-state index in [9.17, 15) is 0 Å². The Hall–Kier alpha value is -1.09. The molecule has 0 spiro atoms. The average molecular weight is 248 g/mol. The molecule has 0 saturated heterocycles. The van der Waals surface area contributed by atoms with Crippen molar-refractivity contribution in [1.82, 2.24) is 4.98 Å². The molecule has 3 nitrogen and oxygen atoms in total. The van der Waals surface area contributed by atoms with Crippen LogP contribution in [0.25, 0.3) is 0 Å². The molecular formula is C15H24N2O. The van der Waals surface area contributed by atoms with Gasteiger partial charge in [0.05, 0.1) is 0 Å². The van der Waals surface area contributed by atoms with Crippen molar-refractivity contribution < 1.29 is 4.74 Å². The monoisotopic (exact) mass is 248 g/mol. The van der Waals surface area contributed by atoms with Crippen molar-refractivity contribution in [2.45, 2.75) is 52.7 Å². The number of aromatic nitrogens is 1. The minimum absolute atomic E-state index is 0.292. The SMILES string of the molecule is CC1CC(Oc2ccc(CN)cn2)CC(C)(C)C1. The summed E-state index contributed by atoms with van der Waals surface area (Å²) < 4.78 is 6.01. The summed E-state index contributed by atoms with van der Waals surface area (Å²) in [6, 6.07) is 3.91. The molecule has 100 valence electrons. The van der Waals surface area contributed by atoms with E-state index in [2.05, 4.69) is 25.8 Å². The van der Waals surface area contributed by atoms with Gasteiger partial charge in [-0.25, -0.2) is 4.98 Å². The summed E-state index contributed by atoms with van der Waals surface area (Å²) in [5.41, 5.74) is 6.97. The molecule has 0 amide bonds. The van der Waals surface area contributed by atoms with Crippen molar-refractivity contribution in [1.29, 1.82) is 0 Å². The van der Waals surface area contributed by atoms with Crippen molar-refractivity contribution >= 4 is 0 Å². The zero-order chi connectivity index (χ0) is 13.2. The fraction of sp³-hybridized carbons (Fsp3) is 0.667. The Morgan fingerprint density at radius 1 is 1.39 bits per heavy atom. The molecule has 2 rings (SSSR count). The lowest BCUT2D eigenvalue weighted by atomic mass is 9.71. The van der Waals surface area contributed by atoms with Crippen LogP contribution in [0.5, 0.6) is 5.88 Å². The first-order chi connectivity index (χ1) is 8.48. The summed E-state index contributed by atoms with van der Waals surface area (Å²) in [7, 11) is 0. The molecule has 1 saturated carbocycles. The van der Waals surface area contributed by atoms with Gasteiger partial charge in [-0.1, -0.05) is 26.8 Å². The van der Waals surface area contributed by atoms with Gasteiger partial charge in [0.1, 0.15) is 6.10 Å². The van der Waals surface area contributed by atoms with E-state index in [0.29, 0.717) is 18.1 Å². The second-order valence-corrected chi connectivity index (χ2v) is 6.36. The summed E-state index contributed by atoms with van der Waals surface area (Å²) >= 11 is 0. The second kappa shape index (κ2) is 5.27. The van der Waals surface area contributed by atoms with Crippen LogP contribution in [0.4, 0.5) is 0 Å². The number of hydrogen-bond acceptors (Lipinski definition) is 3. The van der Waals surface area contributed by atoms with Gasteiger partial charge in [0.2, 0.25) is 5.88 Å². The molecule has 2 atom stereocenters. The van der Waals surface area contributed by atoms with Gasteiger partial charge in [-0.3, -0.25) is 0 Å². The molecule has 1 fully saturated rings. The highest BCUT2D eigenvalue weighted by Crippen LogP contribution is 2.39. The maximum absolute atomic E-state index is 6.01. The Morgan fingerprint density at radius 3 is 2.72 bits per heavy atom. The number of hydrogen-bond donors (Lipinski definition) is 1. The molecule has 2 unspecified atom stereocenters. The second-order valence-electron chi connectivity index (χ2n) is 6.36. The Morgan fingerprint density at radius 2 is 2.17 bits per heavy atom. The van der Waals surface area contributed by atoms with E-state index in [4.69, 9.17) is 10.5 Å². The summed E-state index contributed by atoms with van der Waals surface area (Å²) in [6.07, 6.45) is 5.61. The number of ether oxygens (including phenoxy) is 1. The van der Waals surface area contributed by atoms with E-state index in [0.717, 1.165) is 30.2 Å². The van der Waals surface area contributed by atoms with Crippen molar-refractivity contribution in [2.75, 3.05) is 0 Å². The molecule has 0 aliphatic heterocycles. The number of rotatable bonds is 3. The minimum Gasteiger partial charge on any atom is -0.474 e. The third-order valence-corrected chi connectivity index (χ3v) is 3.67. The Bertz CT molecular complexity index is 386. The lowest BCUT2D eigenvalue weighted by Crippen LogP contribution is -2.34. The summed E-state index contributed by atoms with van der Waals surface area (Å²) in [6.45, 7) is 7.48. The van der Waals surface area contributed by atoms with Crippen LogP contribution in [0.2, 0.25) is 0 Å². The highest BCUT2D eigenvalue weighted by atomic mass is 16.5. The molecule has 1 aliphatic rings. The van der Waals surface area contributed by atoms with Crippen LogP contribution >= 0.6 is 0 Å². The number of nitrogens with zero attached hydrogens (tertiary/aromatic N) is 1. The topological polar surface area (TPSA) is 48.1 Å². The Kier molecular flexibility index (Phi) is 3.91. The van der Waals surface area contributed by atoms with Crippen molar-refractivity contribution in [3.05, 3.63) is 23.9 Å². The largest absolute Gasteiger partial charge is 0.474 e. The van der Waals surface area contributed by atoms with Crippen LogP contribution in [0.1, 0.15) is 45.6 Å². The van der Waals surface area contributed by atoms with Crippen LogP contribution < -0.4 is 10.5 Å². The van der Waals surface area contributed by atoms with Gasteiger partial charge < -0.3 is 10.5 Å². The molecule has 2 N–H and O–H groups in total. The zero-order valence-corrected chi connectivity index (χ0v) is 11.6. The molecule has 3 heteroatoms. The van der Waals surface area contributed by atoms with Crippen LogP contribution in [-0.4, -0.2) is 11.1 Å². The fourth-order valence-electron chi connectivity index (χ4n) is 3.12. The molecule has 1 aliphatic carbocycles. The molecule has 1 aromatic heterocycles. The highest BCUT2D eigenvalue weighted by molar-refractivity contribution is 5.17. The Labute approximate surface area is 110 Å². The molecule has 1 heterocycles. The van der Waals surface area contributed by atoms with Crippen LogP contribution in [0, 0.1) is 11.3 Å². The van der Waals surface area contributed by atoms with Crippen LogP contribution in [-0.2, 0) is 6.54 Å². The first-order valence-corrected chi connectivity index (χ1v) is 6.80. The molecule has 0 radical (unpaired) electrons. The fourth-order valence-corrected chi connectivity index (χ4v) is 3.12. The number of nitrogens with two attached hydrogens (primary N) is 1. The molecule has 18 heavy (non-hydrogen) atoms. The predicted molar refractivity (Wildman–Crippen MR) is 73.3 cm³/mol. The standard InChI is InChI=1S/C15H24N2O/c1-11-6-13(8-15(2,3)7-11)18-14-5-4-12(9-16)10-17-14/h4-5,10-11,13H,6-9,16H2,1-3H3. The third kappa shape index (κ3) is 3.45.